The van der Waals surface area contributed by atoms with Crippen LogP contribution in [0.5, 0.6) is 0 Å². The number of hydrogen-bond donors (Lipinski definition) is 0. The van der Waals surface area contributed by atoms with Gasteiger partial charge in [-0.25, -0.2) is 0 Å². The molecule has 122 valence electrons. The standard InChI is InChI=1S/C10H14O3.C8H12O/c1-4-8-6-10(8,5-7(2)11)9(12)13-3;1-4-7-5-8(7,3)6(2)9/h4,8H,1,5-6H2,2-3H3;4,7H,1,5H2,2-3H3/t8-,10+;7-,8-/m00/s1. The molecule has 0 unspecified atom stereocenters. The van der Waals surface area contributed by atoms with Gasteiger partial charge in [-0.2, -0.15) is 0 Å². The summed E-state index contributed by atoms with van der Waals surface area (Å²) in [4.78, 5) is 33.2. The van der Waals surface area contributed by atoms with E-state index in [1.807, 2.05) is 13.0 Å². The Hall–Kier alpha value is -1.71. The van der Waals surface area contributed by atoms with Crippen molar-refractivity contribution >= 4 is 17.5 Å². The van der Waals surface area contributed by atoms with E-state index in [0.29, 0.717) is 18.1 Å². The summed E-state index contributed by atoms with van der Waals surface area (Å²) >= 11 is 0. The quantitative estimate of drug-likeness (QED) is 0.559. The van der Waals surface area contributed by atoms with Crippen molar-refractivity contribution in [3.05, 3.63) is 25.3 Å². The highest BCUT2D eigenvalue weighted by Gasteiger charge is 2.59. The van der Waals surface area contributed by atoms with Crippen LogP contribution in [0.4, 0.5) is 0 Å². The highest BCUT2D eigenvalue weighted by molar-refractivity contribution is 5.88. The van der Waals surface area contributed by atoms with Crippen LogP contribution >= 0.6 is 0 Å². The second-order valence-corrected chi connectivity index (χ2v) is 6.59. The molecule has 22 heavy (non-hydrogen) atoms. The molecule has 4 nitrogen and oxygen atoms in total. The minimum absolute atomic E-state index is 0.0229. The van der Waals surface area contributed by atoms with Crippen LogP contribution in [0.25, 0.3) is 0 Å². The van der Waals surface area contributed by atoms with Gasteiger partial charge < -0.3 is 4.74 Å². The minimum atomic E-state index is -0.581. The third-order valence-corrected chi connectivity index (χ3v) is 4.97. The summed E-state index contributed by atoms with van der Waals surface area (Å²) in [6.45, 7) is 12.4. The second-order valence-electron chi connectivity index (χ2n) is 6.59. The summed E-state index contributed by atoms with van der Waals surface area (Å²) in [5.74, 6) is 0.605. The molecule has 4 heteroatoms. The maximum atomic E-state index is 11.4. The molecule has 0 radical (unpaired) electrons. The Balaban J connectivity index is 0.000000235. The number of ketones is 2. The molecule has 0 aromatic rings. The summed E-state index contributed by atoms with van der Waals surface area (Å²) in [6.07, 6.45) is 5.58. The van der Waals surface area contributed by atoms with Crippen molar-refractivity contribution in [3.8, 4) is 0 Å². The van der Waals surface area contributed by atoms with Gasteiger partial charge in [0.05, 0.1) is 12.5 Å². The van der Waals surface area contributed by atoms with Crippen LogP contribution in [-0.2, 0) is 19.1 Å². The Labute approximate surface area is 132 Å². The van der Waals surface area contributed by atoms with Gasteiger partial charge in [-0.1, -0.05) is 19.1 Å². The number of rotatable bonds is 6. The lowest BCUT2D eigenvalue weighted by Crippen LogP contribution is -2.22. The molecule has 0 aromatic heterocycles. The van der Waals surface area contributed by atoms with Crippen molar-refractivity contribution in [1.82, 2.24) is 0 Å². The molecule has 2 fully saturated rings. The van der Waals surface area contributed by atoms with Crippen molar-refractivity contribution in [2.75, 3.05) is 7.11 Å². The average molecular weight is 306 g/mol. The summed E-state index contributed by atoms with van der Waals surface area (Å²) < 4.78 is 4.67. The average Bonchev–Trinajstić information content (AvgIpc) is 3.34. The van der Waals surface area contributed by atoms with E-state index in [-0.39, 0.29) is 29.5 Å². The van der Waals surface area contributed by atoms with Crippen LogP contribution in [0, 0.1) is 22.7 Å². The van der Waals surface area contributed by atoms with Crippen molar-refractivity contribution in [3.63, 3.8) is 0 Å². The maximum Gasteiger partial charge on any atom is 0.312 e. The Morgan fingerprint density at radius 1 is 1.14 bits per heavy atom. The normalized spacial score (nSPS) is 34.5. The van der Waals surface area contributed by atoms with E-state index < -0.39 is 5.41 Å². The molecule has 0 spiro atoms. The fraction of sp³-hybridized carbons (Fsp3) is 0.611. The lowest BCUT2D eigenvalue weighted by atomic mass is 9.97. The highest BCUT2D eigenvalue weighted by Crippen LogP contribution is 2.56. The van der Waals surface area contributed by atoms with Crippen molar-refractivity contribution in [1.29, 1.82) is 0 Å². The van der Waals surface area contributed by atoms with Gasteiger partial charge in [-0.3, -0.25) is 14.4 Å². The fourth-order valence-corrected chi connectivity index (χ4v) is 2.95. The summed E-state index contributed by atoms with van der Waals surface area (Å²) in [5.41, 5.74) is -0.621. The number of ether oxygens (including phenoxy) is 1. The van der Waals surface area contributed by atoms with Crippen molar-refractivity contribution in [2.45, 2.75) is 40.0 Å². The Bertz CT molecular complexity index is 507. The van der Waals surface area contributed by atoms with E-state index in [0.717, 1.165) is 6.42 Å². The summed E-state index contributed by atoms with van der Waals surface area (Å²) in [7, 11) is 1.35. The van der Waals surface area contributed by atoms with E-state index in [4.69, 9.17) is 0 Å². The summed E-state index contributed by atoms with van der Waals surface area (Å²) in [5, 5.41) is 0. The van der Waals surface area contributed by atoms with Gasteiger partial charge >= 0.3 is 5.97 Å². The van der Waals surface area contributed by atoms with Crippen LogP contribution in [0.1, 0.15) is 40.0 Å². The van der Waals surface area contributed by atoms with Crippen molar-refractivity contribution < 1.29 is 19.1 Å². The van der Waals surface area contributed by atoms with E-state index >= 15 is 0 Å². The number of carbonyl (C=O) groups is 3. The zero-order chi connectivity index (χ0) is 17.1. The Morgan fingerprint density at radius 3 is 1.91 bits per heavy atom. The third-order valence-electron chi connectivity index (χ3n) is 4.97. The highest BCUT2D eigenvalue weighted by atomic mass is 16.5. The predicted octanol–water partition coefficient (Wildman–Crippen LogP) is 3.12. The first kappa shape index (κ1) is 18.3. The van der Waals surface area contributed by atoms with Crippen LogP contribution in [0.3, 0.4) is 0 Å². The Kier molecular flexibility index (Phi) is 5.49. The molecule has 4 atom stereocenters. The smallest absolute Gasteiger partial charge is 0.312 e. The molecule has 2 aliphatic carbocycles. The minimum Gasteiger partial charge on any atom is -0.469 e. The van der Waals surface area contributed by atoms with E-state index in [9.17, 15) is 14.4 Å². The van der Waals surface area contributed by atoms with E-state index in [2.05, 4.69) is 17.9 Å². The van der Waals surface area contributed by atoms with Crippen molar-refractivity contribution in [2.24, 2.45) is 22.7 Å². The number of allylic oxidation sites excluding steroid dienone is 2. The second kappa shape index (κ2) is 6.59. The fourth-order valence-electron chi connectivity index (χ4n) is 2.95. The van der Waals surface area contributed by atoms with Crippen LogP contribution in [0.15, 0.2) is 25.3 Å². The topological polar surface area (TPSA) is 60.4 Å². The zero-order valence-electron chi connectivity index (χ0n) is 14.0. The van der Waals surface area contributed by atoms with Gasteiger partial charge in [0.15, 0.2) is 0 Å². The third kappa shape index (κ3) is 3.54. The van der Waals surface area contributed by atoms with E-state index in [1.165, 1.54) is 14.0 Å². The first-order chi connectivity index (χ1) is 10.2. The number of carbonyl (C=O) groups excluding carboxylic acids is 3. The molecule has 2 rings (SSSR count). The molecular formula is C18H26O4. The number of Topliss-reactive ketones (excluding diaryl/α,β-unsaturated/α-hetero) is 2. The van der Waals surface area contributed by atoms with Gasteiger partial charge in [0.2, 0.25) is 0 Å². The summed E-state index contributed by atoms with van der Waals surface area (Å²) in [6, 6.07) is 0. The monoisotopic (exact) mass is 306 g/mol. The maximum absolute atomic E-state index is 11.4. The van der Waals surface area contributed by atoms with Crippen LogP contribution < -0.4 is 0 Å². The van der Waals surface area contributed by atoms with Crippen LogP contribution in [0.2, 0.25) is 0 Å². The molecular weight excluding hydrogens is 280 g/mol. The first-order valence-electron chi connectivity index (χ1n) is 7.52. The lowest BCUT2D eigenvalue weighted by Gasteiger charge is -2.11. The van der Waals surface area contributed by atoms with Crippen LogP contribution in [-0.4, -0.2) is 24.6 Å². The van der Waals surface area contributed by atoms with Gasteiger partial charge in [-0.15, -0.1) is 13.2 Å². The SMILES string of the molecule is C=C[C@H]1C[C@@]1(C)C(C)=O.C=C[C@H]1C[C@@]1(CC(C)=O)C(=O)OC. The molecule has 2 aliphatic rings. The van der Waals surface area contributed by atoms with Gasteiger partial charge in [0, 0.05) is 11.8 Å². The number of methoxy groups -OCH3 is 1. The number of hydrogen-bond acceptors (Lipinski definition) is 4. The molecule has 0 N–H and O–H groups in total. The molecule has 2 saturated carbocycles. The van der Waals surface area contributed by atoms with Gasteiger partial charge in [-0.05, 0) is 38.5 Å². The number of esters is 1. The molecule has 0 heterocycles. The first-order valence-corrected chi connectivity index (χ1v) is 7.52. The lowest BCUT2D eigenvalue weighted by molar-refractivity contribution is -0.149. The molecule has 0 amide bonds. The molecule has 0 bridgehead atoms. The molecule has 0 saturated heterocycles. The van der Waals surface area contributed by atoms with Gasteiger partial charge in [0.25, 0.3) is 0 Å². The molecule has 0 aliphatic heterocycles. The largest absolute Gasteiger partial charge is 0.469 e. The van der Waals surface area contributed by atoms with Gasteiger partial charge in [0.1, 0.15) is 11.6 Å². The predicted molar refractivity (Wildman–Crippen MR) is 85.1 cm³/mol. The zero-order valence-corrected chi connectivity index (χ0v) is 14.0. The van der Waals surface area contributed by atoms with E-state index in [1.54, 1.807) is 13.0 Å². The molecule has 0 aromatic carbocycles. The Morgan fingerprint density at radius 2 is 1.68 bits per heavy atom.